The molecule has 0 rings (SSSR count). The fraction of sp³-hybridized carbons (Fsp3) is 0.833. The number of carbonyl (C=O) groups is 1. The molecule has 6 heteroatoms. The highest BCUT2D eigenvalue weighted by atomic mass is 32.1. The summed E-state index contributed by atoms with van der Waals surface area (Å²) in [6.07, 6.45) is 0.600. The van der Waals surface area contributed by atoms with Gasteiger partial charge in [0, 0.05) is 19.1 Å². The maximum Gasteiger partial charge on any atom is 0.407 e. The number of alkyl carbamates (subject to hydrolysis) is 1. The molecule has 106 valence electrons. The first-order valence-corrected chi connectivity index (χ1v) is 6.66. The summed E-state index contributed by atoms with van der Waals surface area (Å²) in [5.74, 6) is 0. The van der Waals surface area contributed by atoms with E-state index in [-0.39, 0.29) is 0 Å². The third kappa shape index (κ3) is 10.1. The maximum atomic E-state index is 11.3. The van der Waals surface area contributed by atoms with Crippen molar-refractivity contribution in [3.05, 3.63) is 0 Å². The molecule has 1 unspecified atom stereocenters. The van der Waals surface area contributed by atoms with Gasteiger partial charge in [0.2, 0.25) is 0 Å². The highest BCUT2D eigenvalue weighted by Gasteiger charge is 2.15. The van der Waals surface area contributed by atoms with Crippen LogP contribution in [0.1, 0.15) is 41.0 Å². The number of rotatable bonds is 5. The van der Waals surface area contributed by atoms with Gasteiger partial charge in [-0.25, -0.2) is 4.79 Å². The minimum Gasteiger partial charge on any atom is -0.444 e. The van der Waals surface area contributed by atoms with Crippen LogP contribution < -0.4 is 16.0 Å². The monoisotopic (exact) mass is 275 g/mol. The van der Waals surface area contributed by atoms with E-state index in [1.807, 2.05) is 20.8 Å². The Kier molecular flexibility index (Phi) is 7.66. The molecule has 0 saturated carbocycles. The molecular formula is C12H25N3O2S. The quantitative estimate of drug-likeness (QED) is 0.527. The van der Waals surface area contributed by atoms with Crippen molar-refractivity contribution in [1.82, 2.24) is 16.0 Å². The summed E-state index contributed by atoms with van der Waals surface area (Å²) in [6.45, 7) is 10.7. The van der Waals surface area contributed by atoms with Crippen LogP contribution in [0, 0.1) is 0 Å². The van der Waals surface area contributed by atoms with E-state index in [0.717, 1.165) is 6.42 Å². The van der Waals surface area contributed by atoms with E-state index >= 15 is 0 Å². The molecule has 1 amide bonds. The van der Waals surface area contributed by atoms with Crippen molar-refractivity contribution in [2.45, 2.75) is 52.7 Å². The van der Waals surface area contributed by atoms with Gasteiger partial charge in [0.1, 0.15) is 5.60 Å². The van der Waals surface area contributed by atoms with E-state index in [4.69, 9.17) is 17.0 Å². The third-order valence-electron chi connectivity index (χ3n) is 2.07. The van der Waals surface area contributed by atoms with Gasteiger partial charge >= 0.3 is 6.09 Å². The molecule has 0 fully saturated rings. The van der Waals surface area contributed by atoms with Gasteiger partial charge in [0.15, 0.2) is 5.11 Å². The first kappa shape index (κ1) is 17.0. The van der Waals surface area contributed by atoms with Crippen LogP contribution in [0.15, 0.2) is 0 Å². The Morgan fingerprint density at radius 2 is 1.83 bits per heavy atom. The summed E-state index contributed by atoms with van der Waals surface area (Å²) in [4.78, 5) is 11.3. The van der Waals surface area contributed by atoms with Crippen LogP contribution in [-0.2, 0) is 4.74 Å². The second-order valence-corrected chi connectivity index (χ2v) is 5.55. The Morgan fingerprint density at radius 3 is 2.33 bits per heavy atom. The maximum absolute atomic E-state index is 11.3. The van der Waals surface area contributed by atoms with Gasteiger partial charge in [0.25, 0.3) is 0 Å². The molecule has 0 aromatic heterocycles. The number of thiocarbonyl (C=S) groups is 1. The Bertz CT molecular complexity index is 277. The van der Waals surface area contributed by atoms with Crippen LogP contribution in [0.3, 0.4) is 0 Å². The van der Waals surface area contributed by atoms with E-state index in [9.17, 15) is 4.79 Å². The first-order valence-electron chi connectivity index (χ1n) is 6.25. The molecule has 0 aromatic carbocycles. The second kappa shape index (κ2) is 8.13. The number of amides is 1. The summed E-state index contributed by atoms with van der Waals surface area (Å²) in [5, 5.41) is 9.41. The summed E-state index contributed by atoms with van der Waals surface area (Å²) in [7, 11) is 0. The number of hydrogen-bond acceptors (Lipinski definition) is 3. The Labute approximate surface area is 115 Å². The average molecular weight is 275 g/mol. The van der Waals surface area contributed by atoms with Crippen molar-refractivity contribution in [2.24, 2.45) is 0 Å². The lowest BCUT2D eigenvalue weighted by molar-refractivity contribution is 0.0529. The van der Waals surface area contributed by atoms with Crippen molar-refractivity contribution >= 4 is 23.4 Å². The highest BCUT2D eigenvalue weighted by molar-refractivity contribution is 7.80. The minimum absolute atomic E-state index is 0.351. The summed E-state index contributed by atoms with van der Waals surface area (Å²) in [5.41, 5.74) is -0.467. The van der Waals surface area contributed by atoms with Crippen molar-refractivity contribution < 1.29 is 9.53 Å². The lowest BCUT2D eigenvalue weighted by Gasteiger charge is -2.20. The fourth-order valence-electron chi connectivity index (χ4n) is 1.03. The topological polar surface area (TPSA) is 62.4 Å². The van der Waals surface area contributed by atoms with Crippen LogP contribution in [-0.4, -0.2) is 35.9 Å². The lowest BCUT2D eigenvalue weighted by Crippen LogP contribution is -2.43. The molecule has 18 heavy (non-hydrogen) atoms. The van der Waals surface area contributed by atoms with E-state index in [2.05, 4.69) is 29.8 Å². The molecular weight excluding hydrogens is 250 g/mol. The largest absolute Gasteiger partial charge is 0.444 e. The summed E-state index contributed by atoms with van der Waals surface area (Å²) in [6, 6.07) is 0.351. The van der Waals surface area contributed by atoms with E-state index in [1.54, 1.807) is 0 Å². The third-order valence-corrected chi connectivity index (χ3v) is 2.33. The highest BCUT2D eigenvalue weighted by Crippen LogP contribution is 2.05. The molecule has 0 radical (unpaired) electrons. The molecule has 0 aliphatic carbocycles. The van der Waals surface area contributed by atoms with Gasteiger partial charge in [-0.2, -0.15) is 0 Å². The Hall–Kier alpha value is -1.04. The zero-order valence-electron chi connectivity index (χ0n) is 11.9. The first-order chi connectivity index (χ1) is 8.24. The van der Waals surface area contributed by atoms with Gasteiger partial charge < -0.3 is 20.7 Å². The second-order valence-electron chi connectivity index (χ2n) is 5.14. The van der Waals surface area contributed by atoms with Crippen molar-refractivity contribution in [3.8, 4) is 0 Å². The van der Waals surface area contributed by atoms with Crippen molar-refractivity contribution in [2.75, 3.05) is 13.1 Å². The molecule has 0 heterocycles. The van der Waals surface area contributed by atoms with Crippen LogP contribution in [0.5, 0.6) is 0 Å². The lowest BCUT2D eigenvalue weighted by atomic mass is 10.2. The zero-order chi connectivity index (χ0) is 14.2. The van der Waals surface area contributed by atoms with Crippen LogP contribution in [0.2, 0.25) is 0 Å². The van der Waals surface area contributed by atoms with Crippen LogP contribution in [0.25, 0.3) is 0 Å². The van der Waals surface area contributed by atoms with Gasteiger partial charge in [-0.1, -0.05) is 6.92 Å². The molecule has 1 atom stereocenters. The molecule has 0 aliphatic heterocycles. The zero-order valence-corrected chi connectivity index (χ0v) is 12.7. The van der Waals surface area contributed by atoms with Crippen molar-refractivity contribution in [1.29, 1.82) is 0 Å². The van der Waals surface area contributed by atoms with Crippen LogP contribution >= 0.6 is 12.2 Å². The molecule has 3 N–H and O–H groups in total. The standard InChI is InChI=1S/C12H25N3O2S/c1-6-9(2)15-10(18)13-7-8-14-11(16)17-12(3,4)5/h9H,6-8H2,1-5H3,(H,14,16)(H2,13,15,18). The average Bonchev–Trinajstić information content (AvgIpc) is 2.21. The predicted molar refractivity (Wildman–Crippen MR) is 77.7 cm³/mol. The normalized spacial score (nSPS) is 12.5. The summed E-state index contributed by atoms with van der Waals surface area (Å²) >= 11 is 5.10. The number of nitrogens with one attached hydrogen (secondary N) is 3. The van der Waals surface area contributed by atoms with Gasteiger partial charge in [-0.15, -0.1) is 0 Å². The van der Waals surface area contributed by atoms with Gasteiger partial charge in [-0.3, -0.25) is 0 Å². The van der Waals surface area contributed by atoms with E-state index < -0.39 is 11.7 Å². The molecule has 0 spiro atoms. The molecule has 0 aliphatic rings. The number of ether oxygens (including phenoxy) is 1. The number of hydrogen-bond donors (Lipinski definition) is 3. The van der Waals surface area contributed by atoms with E-state index in [0.29, 0.717) is 24.2 Å². The van der Waals surface area contributed by atoms with E-state index in [1.165, 1.54) is 0 Å². The predicted octanol–water partition coefficient (Wildman–Crippen LogP) is 1.77. The number of carbonyl (C=O) groups excluding carboxylic acids is 1. The molecule has 0 saturated heterocycles. The minimum atomic E-state index is -0.467. The van der Waals surface area contributed by atoms with Crippen LogP contribution in [0.4, 0.5) is 4.79 Å². The fourth-order valence-corrected chi connectivity index (χ4v) is 1.33. The Balaban J connectivity index is 3.62. The molecule has 5 nitrogen and oxygen atoms in total. The smallest absolute Gasteiger partial charge is 0.407 e. The molecule has 0 aromatic rings. The summed E-state index contributed by atoms with van der Waals surface area (Å²) < 4.78 is 5.10. The van der Waals surface area contributed by atoms with Crippen molar-refractivity contribution in [3.63, 3.8) is 0 Å². The Morgan fingerprint density at radius 1 is 1.28 bits per heavy atom. The SMILES string of the molecule is CCC(C)NC(=S)NCCNC(=O)OC(C)(C)C. The van der Waals surface area contributed by atoms with Gasteiger partial charge in [-0.05, 0) is 46.3 Å². The molecule has 0 bridgehead atoms. The van der Waals surface area contributed by atoms with Gasteiger partial charge in [0.05, 0.1) is 0 Å².